The summed E-state index contributed by atoms with van der Waals surface area (Å²) >= 11 is 6.14. The Bertz CT molecular complexity index is 883. The van der Waals surface area contributed by atoms with Crippen LogP contribution in [-0.2, 0) is 4.79 Å². The lowest BCUT2D eigenvalue weighted by Crippen LogP contribution is -2.52. The molecule has 0 spiro atoms. The maximum atomic E-state index is 12.6. The maximum Gasteiger partial charge on any atom is 0.228 e. The van der Waals surface area contributed by atoms with Gasteiger partial charge >= 0.3 is 0 Å². The fourth-order valence-corrected chi connectivity index (χ4v) is 4.77. The summed E-state index contributed by atoms with van der Waals surface area (Å²) in [5.74, 6) is 0.282. The van der Waals surface area contributed by atoms with Crippen LogP contribution < -0.4 is 10.2 Å². The molecule has 0 radical (unpaired) electrons. The van der Waals surface area contributed by atoms with Gasteiger partial charge in [0.05, 0.1) is 5.92 Å². The largest absolute Gasteiger partial charge is 0.508 e. The Morgan fingerprint density at radius 3 is 2.58 bits per heavy atom. The van der Waals surface area contributed by atoms with Crippen molar-refractivity contribution in [3.63, 3.8) is 0 Å². The molecule has 2 fully saturated rings. The Morgan fingerprint density at radius 1 is 1.13 bits per heavy atom. The van der Waals surface area contributed by atoms with E-state index in [2.05, 4.69) is 33.0 Å². The number of rotatable bonds is 6. The van der Waals surface area contributed by atoms with E-state index in [-0.39, 0.29) is 17.6 Å². The van der Waals surface area contributed by atoms with E-state index in [0.717, 1.165) is 62.9 Å². The molecule has 2 aliphatic rings. The van der Waals surface area contributed by atoms with Gasteiger partial charge < -0.3 is 20.2 Å². The van der Waals surface area contributed by atoms with Gasteiger partial charge in [0, 0.05) is 61.7 Å². The van der Waals surface area contributed by atoms with E-state index >= 15 is 0 Å². The molecule has 2 aromatic carbocycles. The Hall–Kier alpha value is -2.28. The maximum absolute atomic E-state index is 12.6. The zero-order chi connectivity index (χ0) is 21.8. The van der Waals surface area contributed by atoms with Crippen LogP contribution in [0.2, 0.25) is 5.02 Å². The summed E-state index contributed by atoms with van der Waals surface area (Å²) in [5.41, 5.74) is 1.93. The number of hydrogen-bond donors (Lipinski definition) is 2. The van der Waals surface area contributed by atoms with Crippen molar-refractivity contribution in [1.82, 2.24) is 9.80 Å². The van der Waals surface area contributed by atoms with Crippen molar-refractivity contribution in [1.29, 1.82) is 0 Å². The highest BCUT2D eigenvalue weighted by atomic mass is 35.5. The van der Waals surface area contributed by atoms with Gasteiger partial charge in [-0.25, -0.2) is 0 Å². The molecule has 2 heterocycles. The average molecular weight is 443 g/mol. The van der Waals surface area contributed by atoms with Gasteiger partial charge in [0.15, 0.2) is 0 Å². The number of carbonyl (C=O) groups excluding carboxylic acids is 1. The van der Waals surface area contributed by atoms with Gasteiger partial charge in [-0.15, -0.1) is 0 Å². The number of anilines is 2. The lowest BCUT2D eigenvalue weighted by Gasteiger charge is -2.40. The van der Waals surface area contributed by atoms with Gasteiger partial charge in [0.2, 0.25) is 5.91 Å². The normalized spacial score (nSPS) is 21.2. The standard InChI is InChI=1S/C24H31ClN4O2/c1-18(28-11-13-29(14-12-28)22-4-2-3-20(25)15-22)16-27-10-9-19(17-27)24(31)26-21-5-7-23(30)8-6-21/h2-8,15,18-19,30H,9-14,16-17H2,1H3,(H,26,31). The zero-order valence-electron chi connectivity index (χ0n) is 18.0. The van der Waals surface area contributed by atoms with Gasteiger partial charge in [0.25, 0.3) is 0 Å². The molecule has 6 nitrogen and oxygen atoms in total. The molecule has 31 heavy (non-hydrogen) atoms. The van der Waals surface area contributed by atoms with Gasteiger partial charge in [-0.2, -0.15) is 0 Å². The first-order valence-corrected chi connectivity index (χ1v) is 11.4. The zero-order valence-corrected chi connectivity index (χ0v) is 18.8. The fraction of sp³-hybridized carbons (Fsp3) is 0.458. The second kappa shape index (κ2) is 9.90. The molecule has 166 valence electrons. The predicted octanol–water partition coefficient (Wildman–Crippen LogP) is 3.52. The average Bonchev–Trinajstić information content (AvgIpc) is 3.24. The fourth-order valence-electron chi connectivity index (χ4n) is 4.58. The molecular weight excluding hydrogens is 412 g/mol. The Labute approximate surface area is 189 Å². The van der Waals surface area contributed by atoms with Crippen molar-refractivity contribution in [2.24, 2.45) is 5.92 Å². The minimum atomic E-state index is 0.0145. The molecule has 0 bridgehead atoms. The van der Waals surface area contributed by atoms with Crippen LogP contribution >= 0.6 is 11.6 Å². The second-order valence-corrected chi connectivity index (χ2v) is 9.07. The number of halogens is 1. The minimum absolute atomic E-state index is 0.0145. The molecule has 7 heteroatoms. The summed E-state index contributed by atoms with van der Waals surface area (Å²) in [5, 5.41) is 13.1. The van der Waals surface area contributed by atoms with E-state index in [1.54, 1.807) is 24.3 Å². The number of benzene rings is 2. The number of amides is 1. The van der Waals surface area contributed by atoms with Crippen molar-refractivity contribution in [3.05, 3.63) is 53.6 Å². The highest BCUT2D eigenvalue weighted by Gasteiger charge is 2.30. The number of nitrogens with one attached hydrogen (secondary N) is 1. The van der Waals surface area contributed by atoms with Gasteiger partial charge in [-0.3, -0.25) is 9.69 Å². The Morgan fingerprint density at radius 2 is 1.87 bits per heavy atom. The van der Waals surface area contributed by atoms with Crippen molar-refractivity contribution >= 4 is 28.9 Å². The van der Waals surface area contributed by atoms with Gasteiger partial charge in [-0.05, 0) is 62.4 Å². The first-order valence-electron chi connectivity index (χ1n) is 11.0. The number of aromatic hydroxyl groups is 1. The number of hydrogen-bond acceptors (Lipinski definition) is 5. The third-order valence-corrected chi connectivity index (χ3v) is 6.65. The number of likely N-dealkylation sites (tertiary alicyclic amines) is 1. The van der Waals surface area contributed by atoms with Crippen molar-refractivity contribution in [2.45, 2.75) is 19.4 Å². The molecule has 2 unspecified atom stereocenters. The third kappa shape index (κ3) is 5.70. The van der Waals surface area contributed by atoms with Crippen LogP contribution in [0.25, 0.3) is 0 Å². The summed E-state index contributed by atoms with van der Waals surface area (Å²) in [7, 11) is 0. The van der Waals surface area contributed by atoms with E-state index < -0.39 is 0 Å². The molecule has 2 aromatic rings. The first-order chi connectivity index (χ1) is 15.0. The van der Waals surface area contributed by atoms with E-state index in [0.29, 0.717) is 6.04 Å². The van der Waals surface area contributed by atoms with E-state index in [4.69, 9.17) is 11.6 Å². The smallest absolute Gasteiger partial charge is 0.228 e. The topological polar surface area (TPSA) is 59.1 Å². The molecule has 1 amide bonds. The summed E-state index contributed by atoms with van der Waals surface area (Å²) in [6.07, 6.45) is 0.888. The van der Waals surface area contributed by atoms with Gasteiger partial charge in [0.1, 0.15) is 5.75 Å². The van der Waals surface area contributed by atoms with E-state index in [9.17, 15) is 9.90 Å². The molecule has 0 aliphatic carbocycles. The lowest BCUT2D eigenvalue weighted by atomic mass is 10.1. The van der Waals surface area contributed by atoms with Crippen LogP contribution in [0.3, 0.4) is 0 Å². The molecule has 2 saturated heterocycles. The molecule has 4 rings (SSSR count). The van der Waals surface area contributed by atoms with Crippen LogP contribution in [0.4, 0.5) is 11.4 Å². The molecule has 2 atom stereocenters. The van der Waals surface area contributed by atoms with Crippen LogP contribution in [0.15, 0.2) is 48.5 Å². The summed E-state index contributed by atoms with van der Waals surface area (Å²) in [4.78, 5) is 20.0. The predicted molar refractivity (Wildman–Crippen MR) is 126 cm³/mol. The number of nitrogens with zero attached hydrogens (tertiary/aromatic N) is 3. The van der Waals surface area contributed by atoms with Crippen molar-refractivity contribution < 1.29 is 9.90 Å². The molecule has 2 aliphatic heterocycles. The summed E-state index contributed by atoms with van der Waals surface area (Å²) in [6, 6.07) is 15.2. The SMILES string of the molecule is CC(CN1CCC(C(=O)Nc2ccc(O)cc2)C1)N1CCN(c2cccc(Cl)c2)CC1. The third-order valence-electron chi connectivity index (χ3n) is 6.41. The van der Waals surface area contributed by atoms with Crippen molar-refractivity contribution in [2.75, 3.05) is 56.0 Å². The molecule has 0 aromatic heterocycles. The summed E-state index contributed by atoms with van der Waals surface area (Å²) < 4.78 is 0. The van der Waals surface area contributed by atoms with E-state index in [1.165, 1.54) is 5.69 Å². The lowest BCUT2D eigenvalue weighted by molar-refractivity contribution is -0.119. The number of carbonyl (C=O) groups is 1. The number of phenolic OH excluding ortho intramolecular Hbond substituents is 1. The Balaban J connectivity index is 1.22. The van der Waals surface area contributed by atoms with Crippen LogP contribution in [0.5, 0.6) is 5.75 Å². The minimum Gasteiger partial charge on any atom is -0.508 e. The van der Waals surface area contributed by atoms with Crippen molar-refractivity contribution in [3.8, 4) is 5.75 Å². The highest BCUT2D eigenvalue weighted by molar-refractivity contribution is 6.30. The molecule has 2 N–H and O–H groups in total. The number of phenols is 1. The van der Waals surface area contributed by atoms with E-state index in [1.807, 2.05) is 18.2 Å². The second-order valence-electron chi connectivity index (χ2n) is 8.63. The van der Waals surface area contributed by atoms with Crippen LogP contribution in [0.1, 0.15) is 13.3 Å². The molecule has 0 saturated carbocycles. The first kappa shape index (κ1) is 21.9. The summed E-state index contributed by atoms with van der Waals surface area (Å²) in [6.45, 7) is 9.11. The van der Waals surface area contributed by atoms with Crippen LogP contribution in [-0.4, -0.2) is 72.7 Å². The monoisotopic (exact) mass is 442 g/mol. The molecular formula is C24H31ClN4O2. The Kier molecular flexibility index (Phi) is 7.00. The number of piperazine rings is 1. The highest BCUT2D eigenvalue weighted by Crippen LogP contribution is 2.23. The quantitative estimate of drug-likeness (QED) is 0.670. The van der Waals surface area contributed by atoms with Gasteiger partial charge in [-0.1, -0.05) is 17.7 Å². The van der Waals surface area contributed by atoms with Crippen LogP contribution in [0, 0.1) is 5.92 Å².